The van der Waals surface area contributed by atoms with Crippen LogP contribution >= 0.6 is 0 Å². The van der Waals surface area contributed by atoms with Gasteiger partial charge in [0.1, 0.15) is 0 Å². The van der Waals surface area contributed by atoms with Gasteiger partial charge in [-0.2, -0.15) is 0 Å². The van der Waals surface area contributed by atoms with Crippen LogP contribution in [-0.2, 0) is 19.9 Å². The minimum atomic E-state index is 0.223. The number of nitrogens with zero attached hydrogens (tertiary/aromatic N) is 1. The van der Waals surface area contributed by atoms with Gasteiger partial charge in [0.2, 0.25) is 0 Å². The summed E-state index contributed by atoms with van der Waals surface area (Å²) in [6.45, 7) is 2.21. The fraction of sp³-hybridized carbons (Fsp3) is 0.467. The first-order chi connectivity index (χ1) is 8.22. The third-order valence-electron chi connectivity index (χ3n) is 4.12. The molecule has 1 atom stereocenters. The molecule has 2 N–H and O–H groups in total. The Morgan fingerprint density at radius 1 is 1.41 bits per heavy atom. The maximum Gasteiger partial charge on any atom is 0.0483 e. The molecule has 0 fully saturated rings. The molecule has 1 heterocycles. The molecule has 0 saturated carbocycles. The van der Waals surface area contributed by atoms with Gasteiger partial charge in [-0.1, -0.05) is 13.0 Å². The minimum absolute atomic E-state index is 0.223. The fourth-order valence-electron chi connectivity index (χ4n) is 3.18. The lowest BCUT2D eigenvalue weighted by Crippen LogP contribution is -2.19. The lowest BCUT2D eigenvalue weighted by Gasteiger charge is -2.20. The molecule has 2 nitrogen and oxygen atoms in total. The van der Waals surface area contributed by atoms with E-state index in [1.807, 2.05) is 0 Å². The monoisotopic (exact) mass is 228 g/mol. The summed E-state index contributed by atoms with van der Waals surface area (Å²) >= 11 is 0. The molecule has 3 rings (SSSR count). The first kappa shape index (κ1) is 10.8. The highest BCUT2D eigenvalue weighted by molar-refractivity contribution is 5.86. The Bertz CT molecular complexity index is 566. The van der Waals surface area contributed by atoms with E-state index < -0.39 is 0 Å². The molecular weight excluding hydrogens is 208 g/mol. The summed E-state index contributed by atoms with van der Waals surface area (Å²) < 4.78 is 2.30. The Morgan fingerprint density at radius 2 is 2.24 bits per heavy atom. The molecule has 90 valence electrons. The van der Waals surface area contributed by atoms with E-state index in [0.717, 1.165) is 12.8 Å². The van der Waals surface area contributed by atoms with Crippen molar-refractivity contribution in [2.75, 3.05) is 0 Å². The molecule has 1 aliphatic rings. The van der Waals surface area contributed by atoms with Gasteiger partial charge >= 0.3 is 0 Å². The molecule has 0 bridgehead atoms. The molecule has 0 radical (unpaired) electrons. The van der Waals surface area contributed by atoms with Crippen LogP contribution in [0.2, 0.25) is 0 Å². The van der Waals surface area contributed by atoms with Gasteiger partial charge in [-0.05, 0) is 48.9 Å². The quantitative estimate of drug-likeness (QED) is 0.799. The number of fused-ring (bicyclic) bond motifs is 3. The maximum absolute atomic E-state index is 6.26. The molecule has 0 saturated heterocycles. The van der Waals surface area contributed by atoms with Gasteiger partial charge in [-0.15, -0.1) is 0 Å². The summed E-state index contributed by atoms with van der Waals surface area (Å²) in [4.78, 5) is 0. The van der Waals surface area contributed by atoms with Crippen LogP contribution in [0.25, 0.3) is 10.9 Å². The first-order valence-electron chi connectivity index (χ1n) is 6.58. The van der Waals surface area contributed by atoms with E-state index >= 15 is 0 Å². The van der Waals surface area contributed by atoms with Crippen molar-refractivity contribution in [1.29, 1.82) is 0 Å². The number of rotatable bonds is 1. The molecule has 17 heavy (non-hydrogen) atoms. The van der Waals surface area contributed by atoms with Crippen LogP contribution in [0.1, 0.15) is 42.6 Å². The van der Waals surface area contributed by atoms with E-state index in [4.69, 9.17) is 5.73 Å². The smallest absolute Gasteiger partial charge is 0.0483 e. The molecule has 0 spiro atoms. The molecule has 2 aromatic rings. The van der Waals surface area contributed by atoms with Gasteiger partial charge in [-0.25, -0.2) is 0 Å². The highest BCUT2D eigenvalue weighted by Crippen LogP contribution is 2.35. The molecule has 2 heteroatoms. The SMILES string of the molecule is CCc1ccc2c(c1)c1c(n2C)C(N)CCC1. The third-order valence-corrected chi connectivity index (χ3v) is 4.12. The average Bonchev–Trinajstić information content (AvgIpc) is 2.64. The first-order valence-corrected chi connectivity index (χ1v) is 6.58. The molecule has 1 unspecified atom stereocenters. The van der Waals surface area contributed by atoms with Crippen LogP contribution in [-0.4, -0.2) is 4.57 Å². The van der Waals surface area contributed by atoms with Crippen LogP contribution < -0.4 is 5.73 Å². The zero-order valence-electron chi connectivity index (χ0n) is 10.7. The Morgan fingerprint density at radius 3 is 3.00 bits per heavy atom. The molecular formula is C15H20N2. The zero-order valence-corrected chi connectivity index (χ0v) is 10.7. The second-order valence-electron chi connectivity index (χ2n) is 5.13. The summed E-state index contributed by atoms with van der Waals surface area (Å²) in [5, 5.41) is 1.43. The Hall–Kier alpha value is -1.28. The lowest BCUT2D eigenvalue weighted by atomic mass is 9.92. The van der Waals surface area contributed by atoms with Crippen molar-refractivity contribution < 1.29 is 0 Å². The van der Waals surface area contributed by atoms with Crippen molar-refractivity contribution in [1.82, 2.24) is 4.57 Å². The van der Waals surface area contributed by atoms with Crippen molar-refractivity contribution in [2.45, 2.75) is 38.6 Å². The highest BCUT2D eigenvalue weighted by atomic mass is 15.0. The van der Waals surface area contributed by atoms with E-state index in [1.54, 1.807) is 0 Å². The molecule has 1 aromatic heterocycles. The van der Waals surface area contributed by atoms with E-state index in [0.29, 0.717) is 0 Å². The van der Waals surface area contributed by atoms with Crippen LogP contribution in [0.5, 0.6) is 0 Å². The van der Waals surface area contributed by atoms with Gasteiger partial charge in [0, 0.05) is 29.7 Å². The predicted octanol–water partition coefficient (Wildman–Crippen LogP) is 3.08. The van der Waals surface area contributed by atoms with Gasteiger partial charge in [-0.3, -0.25) is 0 Å². The standard InChI is InChI=1S/C15H20N2/c1-3-10-7-8-14-12(9-10)11-5-4-6-13(16)15(11)17(14)2/h7-9,13H,3-6,16H2,1-2H3. The summed E-state index contributed by atoms with van der Waals surface area (Å²) in [5.74, 6) is 0. The summed E-state index contributed by atoms with van der Waals surface area (Å²) in [5.41, 5.74) is 11.9. The number of aromatic nitrogens is 1. The van der Waals surface area contributed by atoms with Crippen molar-refractivity contribution in [3.05, 3.63) is 35.0 Å². The third kappa shape index (κ3) is 1.51. The van der Waals surface area contributed by atoms with E-state index in [9.17, 15) is 0 Å². The van der Waals surface area contributed by atoms with E-state index in [2.05, 4.69) is 36.7 Å². The van der Waals surface area contributed by atoms with Crippen molar-refractivity contribution in [3.8, 4) is 0 Å². The van der Waals surface area contributed by atoms with Crippen molar-refractivity contribution in [3.63, 3.8) is 0 Å². The molecule has 1 aliphatic carbocycles. The van der Waals surface area contributed by atoms with Gasteiger partial charge in [0.05, 0.1) is 0 Å². The summed E-state index contributed by atoms with van der Waals surface area (Å²) in [7, 11) is 2.15. The highest BCUT2D eigenvalue weighted by Gasteiger charge is 2.23. The summed E-state index contributed by atoms with van der Waals surface area (Å²) in [6.07, 6.45) is 4.64. The fourth-order valence-corrected chi connectivity index (χ4v) is 3.18. The van der Waals surface area contributed by atoms with Crippen molar-refractivity contribution >= 4 is 10.9 Å². The molecule has 0 aliphatic heterocycles. The summed E-state index contributed by atoms with van der Waals surface area (Å²) in [6, 6.07) is 7.06. The second kappa shape index (κ2) is 3.88. The minimum Gasteiger partial charge on any atom is -0.346 e. The van der Waals surface area contributed by atoms with Crippen LogP contribution in [0.15, 0.2) is 18.2 Å². The second-order valence-corrected chi connectivity index (χ2v) is 5.13. The Balaban J connectivity index is 2.32. The largest absolute Gasteiger partial charge is 0.346 e. The van der Waals surface area contributed by atoms with Crippen LogP contribution in [0.3, 0.4) is 0 Å². The normalized spacial score (nSPS) is 19.6. The maximum atomic E-state index is 6.26. The molecule has 0 amide bonds. The van der Waals surface area contributed by atoms with Gasteiger partial charge < -0.3 is 10.3 Å². The van der Waals surface area contributed by atoms with Crippen LogP contribution in [0, 0.1) is 0 Å². The number of nitrogens with two attached hydrogens (primary N) is 1. The lowest BCUT2D eigenvalue weighted by molar-refractivity contribution is 0.542. The number of hydrogen-bond acceptors (Lipinski definition) is 1. The number of aryl methyl sites for hydroxylation is 3. The zero-order chi connectivity index (χ0) is 12.0. The van der Waals surface area contributed by atoms with Gasteiger partial charge in [0.15, 0.2) is 0 Å². The van der Waals surface area contributed by atoms with E-state index in [1.165, 1.54) is 40.6 Å². The van der Waals surface area contributed by atoms with Crippen LogP contribution in [0.4, 0.5) is 0 Å². The van der Waals surface area contributed by atoms with E-state index in [-0.39, 0.29) is 6.04 Å². The number of hydrogen-bond donors (Lipinski definition) is 1. The molecule has 1 aromatic carbocycles. The number of benzene rings is 1. The van der Waals surface area contributed by atoms with Gasteiger partial charge in [0.25, 0.3) is 0 Å². The Kier molecular flexibility index (Phi) is 2.48. The van der Waals surface area contributed by atoms with Crippen molar-refractivity contribution in [2.24, 2.45) is 12.8 Å². The average molecular weight is 228 g/mol. The predicted molar refractivity (Wildman–Crippen MR) is 72.2 cm³/mol. The Labute approximate surface area is 102 Å². The topological polar surface area (TPSA) is 30.9 Å².